The smallest absolute Gasteiger partial charge is 0.251 e. The Balaban J connectivity index is 1.51. The van der Waals surface area contributed by atoms with Gasteiger partial charge < -0.3 is 10.1 Å². The van der Waals surface area contributed by atoms with Crippen LogP contribution < -0.4 is 10.1 Å². The molecule has 2 aromatic carbocycles. The second kappa shape index (κ2) is 7.26. The van der Waals surface area contributed by atoms with Gasteiger partial charge >= 0.3 is 0 Å². The molecule has 6 nitrogen and oxygen atoms in total. The Hall–Kier alpha value is -3.74. The minimum absolute atomic E-state index is 0.0535. The van der Waals surface area contributed by atoms with Gasteiger partial charge in [0.2, 0.25) is 0 Å². The number of aromatic nitrogens is 3. The lowest BCUT2D eigenvalue weighted by Crippen LogP contribution is -2.25. The molecule has 1 aliphatic carbocycles. The van der Waals surface area contributed by atoms with Crippen molar-refractivity contribution in [1.82, 2.24) is 19.7 Å². The first-order valence-corrected chi connectivity index (χ1v) is 9.71. The SMILES string of the molecule is COc1cccc(-c2cn3c(-c4ccc(C(=O)NC5CC5)cc4)cnc3cn2)c1F. The molecule has 4 aromatic rings. The van der Waals surface area contributed by atoms with Gasteiger partial charge in [0.05, 0.1) is 30.9 Å². The molecule has 0 spiro atoms. The maximum Gasteiger partial charge on any atom is 0.251 e. The van der Waals surface area contributed by atoms with Gasteiger partial charge in [-0.2, -0.15) is 0 Å². The quantitative estimate of drug-likeness (QED) is 0.546. The molecule has 1 fully saturated rings. The van der Waals surface area contributed by atoms with Gasteiger partial charge in [0.15, 0.2) is 17.2 Å². The number of ether oxygens (including phenoxy) is 1. The Labute approximate surface area is 172 Å². The Bertz CT molecular complexity index is 1250. The molecule has 7 heteroatoms. The number of rotatable bonds is 5. The Kier molecular flexibility index (Phi) is 4.43. The zero-order valence-corrected chi connectivity index (χ0v) is 16.3. The second-order valence-corrected chi connectivity index (χ2v) is 7.29. The van der Waals surface area contributed by atoms with Crippen LogP contribution in [0.3, 0.4) is 0 Å². The van der Waals surface area contributed by atoms with Crippen LogP contribution in [-0.4, -0.2) is 33.4 Å². The molecule has 0 bridgehead atoms. The van der Waals surface area contributed by atoms with Crippen LogP contribution in [-0.2, 0) is 0 Å². The highest BCUT2D eigenvalue weighted by Crippen LogP contribution is 2.29. The van der Waals surface area contributed by atoms with Crippen LogP contribution in [0.1, 0.15) is 23.2 Å². The number of carbonyl (C=O) groups is 1. The van der Waals surface area contributed by atoms with Crippen LogP contribution in [0.15, 0.2) is 61.1 Å². The van der Waals surface area contributed by atoms with E-state index in [-0.39, 0.29) is 11.7 Å². The minimum Gasteiger partial charge on any atom is -0.494 e. The average molecular weight is 402 g/mol. The molecule has 0 unspecified atom stereocenters. The number of benzene rings is 2. The van der Waals surface area contributed by atoms with Gasteiger partial charge in [-0.1, -0.05) is 18.2 Å². The van der Waals surface area contributed by atoms with Crippen molar-refractivity contribution >= 4 is 11.6 Å². The van der Waals surface area contributed by atoms with E-state index in [1.54, 1.807) is 48.9 Å². The zero-order chi connectivity index (χ0) is 20.7. The van der Waals surface area contributed by atoms with E-state index in [2.05, 4.69) is 15.3 Å². The lowest BCUT2D eigenvalue weighted by molar-refractivity contribution is 0.0951. The van der Waals surface area contributed by atoms with Crippen molar-refractivity contribution in [1.29, 1.82) is 0 Å². The number of nitrogens with zero attached hydrogens (tertiary/aromatic N) is 3. The third-order valence-corrected chi connectivity index (χ3v) is 5.21. The topological polar surface area (TPSA) is 68.5 Å². The Morgan fingerprint density at radius 2 is 1.93 bits per heavy atom. The molecule has 2 heterocycles. The maximum absolute atomic E-state index is 14.7. The third kappa shape index (κ3) is 3.28. The Morgan fingerprint density at radius 3 is 2.67 bits per heavy atom. The van der Waals surface area contributed by atoms with Crippen molar-refractivity contribution in [2.75, 3.05) is 7.11 Å². The zero-order valence-electron chi connectivity index (χ0n) is 16.3. The highest BCUT2D eigenvalue weighted by Gasteiger charge is 2.23. The first kappa shape index (κ1) is 18.3. The standard InChI is InChI=1S/C23H19FN4O2/c1-30-20-4-2-3-17(22(20)24)18-13-28-19(11-26-21(28)12-25-18)14-5-7-15(8-6-14)23(29)27-16-9-10-16/h2-8,11-13,16H,9-10H2,1H3,(H,27,29). The molecule has 0 radical (unpaired) electrons. The van der Waals surface area contributed by atoms with Gasteiger partial charge in [0.1, 0.15) is 0 Å². The maximum atomic E-state index is 14.7. The predicted molar refractivity (Wildman–Crippen MR) is 111 cm³/mol. The summed E-state index contributed by atoms with van der Waals surface area (Å²) < 4.78 is 21.6. The fourth-order valence-electron chi connectivity index (χ4n) is 3.40. The van der Waals surface area contributed by atoms with Gasteiger partial charge in [0, 0.05) is 28.9 Å². The fraction of sp³-hybridized carbons (Fsp3) is 0.174. The van der Waals surface area contributed by atoms with Crippen LogP contribution in [0.4, 0.5) is 4.39 Å². The van der Waals surface area contributed by atoms with E-state index in [1.165, 1.54) is 7.11 Å². The van der Waals surface area contributed by atoms with Gasteiger partial charge in [-0.15, -0.1) is 0 Å². The summed E-state index contributed by atoms with van der Waals surface area (Å²) in [7, 11) is 1.43. The minimum atomic E-state index is -0.459. The van der Waals surface area contributed by atoms with E-state index in [9.17, 15) is 9.18 Å². The number of hydrogen-bond acceptors (Lipinski definition) is 4. The summed E-state index contributed by atoms with van der Waals surface area (Å²) >= 11 is 0. The van der Waals surface area contributed by atoms with E-state index < -0.39 is 5.82 Å². The molecular weight excluding hydrogens is 383 g/mol. The van der Waals surface area contributed by atoms with Crippen molar-refractivity contribution in [2.24, 2.45) is 0 Å². The molecule has 1 N–H and O–H groups in total. The number of carbonyl (C=O) groups excluding carboxylic acids is 1. The summed E-state index contributed by atoms with van der Waals surface area (Å²) in [5, 5.41) is 2.98. The van der Waals surface area contributed by atoms with Gasteiger partial charge in [0.25, 0.3) is 5.91 Å². The van der Waals surface area contributed by atoms with E-state index in [0.29, 0.717) is 28.5 Å². The largest absolute Gasteiger partial charge is 0.494 e. The van der Waals surface area contributed by atoms with Gasteiger partial charge in [-0.25, -0.2) is 9.37 Å². The highest BCUT2D eigenvalue weighted by molar-refractivity contribution is 5.95. The van der Waals surface area contributed by atoms with Crippen LogP contribution in [0.2, 0.25) is 0 Å². The number of imidazole rings is 1. The van der Waals surface area contributed by atoms with Crippen LogP contribution >= 0.6 is 0 Å². The monoisotopic (exact) mass is 402 g/mol. The van der Waals surface area contributed by atoms with E-state index >= 15 is 0 Å². The molecular formula is C23H19FN4O2. The summed E-state index contributed by atoms with van der Waals surface area (Å²) in [6, 6.07) is 12.7. The highest BCUT2D eigenvalue weighted by atomic mass is 19.1. The van der Waals surface area contributed by atoms with E-state index in [1.807, 2.05) is 16.5 Å². The lowest BCUT2D eigenvalue weighted by atomic mass is 10.1. The molecule has 2 aromatic heterocycles. The third-order valence-electron chi connectivity index (χ3n) is 5.21. The van der Waals surface area contributed by atoms with E-state index in [4.69, 9.17) is 4.74 Å². The predicted octanol–water partition coefficient (Wildman–Crippen LogP) is 4.10. The van der Waals surface area contributed by atoms with Crippen molar-refractivity contribution in [2.45, 2.75) is 18.9 Å². The lowest BCUT2D eigenvalue weighted by Gasteiger charge is -2.09. The molecule has 30 heavy (non-hydrogen) atoms. The molecule has 0 atom stereocenters. The second-order valence-electron chi connectivity index (χ2n) is 7.29. The molecule has 1 amide bonds. The van der Waals surface area contributed by atoms with Crippen LogP contribution in [0.25, 0.3) is 28.2 Å². The Morgan fingerprint density at radius 1 is 1.13 bits per heavy atom. The number of amides is 1. The molecule has 5 rings (SSSR count). The first-order valence-electron chi connectivity index (χ1n) is 9.71. The van der Waals surface area contributed by atoms with Crippen LogP contribution in [0.5, 0.6) is 5.75 Å². The number of fused-ring (bicyclic) bond motifs is 1. The summed E-state index contributed by atoms with van der Waals surface area (Å²) in [5.74, 6) is -0.345. The van der Waals surface area contributed by atoms with Crippen molar-refractivity contribution in [3.05, 3.63) is 72.4 Å². The van der Waals surface area contributed by atoms with Gasteiger partial charge in [-0.3, -0.25) is 14.2 Å². The number of nitrogens with one attached hydrogen (secondary N) is 1. The van der Waals surface area contributed by atoms with Crippen molar-refractivity contribution in [3.8, 4) is 28.3 Å². The molecule has 150 valence electrons. The summed E-state index contributed by atoms with van der Waals surface area (Å²) in [6.45, 7) is 0. The first-order chi connectivity index (χ1) is 14.6. The number of halogens is 1. The summed E-state index contributed by atoms with van der Waals surface area (Å²) in [6.07, 6.45) is 7.20. The fourth-order valence-corrected chi connectivity index (χ4v) is 3.40. The van der Waals surface area contributed by atoms with Gasteiger partial charge in [-0.05, 0) is 37.1 Å². The molecule has 0 aliphatic heterocycles. The summed E-state index contributed by atoms with van der Waals surface area (Å²) in [4.78, 5) is 21.0. The number of hydrogen-bond donors (Lipinski definition) is 1. The van der Waals surface area contributed by atoms with Crippen molar-refractivity contribution < 1.29 is 13.9 Å². The molecule has 0 saturated heterocycles. The normalized spacial score (nSPS) is 13.4. The number of methoxy groups -OCH3 is 1. The molecule has 1 saturated carbocycles. The average Bonchev–Trinajstić information content (AvgIpc) is 3.49. The molecule has 1 aliphatic rings. The summed E-state index contributed by atoms with van der Waals surface area (Å²) in [5.41, 5.74) is 3.81. The van der Waals surface area contributed by atoms with Crippen LogP contribution in [0, 0.1) is 5.82 Å². The van der Waals surface area contributed by atoms with Crippen molar-refractivity contribution in [3.63, 3.8) is 0 Å². The van der Waals surface area contributed by atoms with E-state index in [0.717, 1.165) is 24.1 Å².